The second-order valence-electron chi connectivity index (χ2n) is 6.57. The second kappa shape index (κ2) is 10.8. The summed E-state index contributed by atoms with van der Waals surface area (Å²) in [6.45, 7) is 5.99. The average molecular weight is 394 g/mol. The summed E-state index contributed by atoms with van der Waals surface area (Å²) in [4.78, 5) is 11.5. The van der Waals surface area contributed by atoms with Crippen LogP contribution in [0.5, 0.6) is 0 Å². The van der Waals surface area contributed by atoms with Crippen LogP contribution in [0.25, 0.3) is 0 Å². The molecule has 0 bridgehead atoms. The summed E-state index contributed by atoms with van der Waals surface area (Å²) in [6, 6.07) is 15.4. The Bertz CT molecular complexity index is 819. The predicted octanol–water partition coefficient (Wildman–Crippen LogP) is 3.34. The number of carbonyl (C=O) groups is 1. The summed E-state index contributed by atoms with van der Waals surface area (Å²) in [5.74, 6) is 0.0804. The average Bonchev–Trinajstić information content (AvgIpc) is 2.60. The lowest BCUT2D eigenvalue weighted by molar-refractivity contribution is -0.146. The van der Waals surface area contributed by atoms with E-state index in [1.54, 1.807) is 25.1 Å². The molecule has 2 rings (SSSR count). The van der Waals surface area contributed by atoms with Crippen LogP contribution in [0.4, 0.5) is 0 Å². The lowest BCUT2D eigenvalue weighted by atomic mass is 10.1. The van der Waals surface area contributed by atoms with Crippen LogP contribution in [0.3, 0.4) is 0 Å². The van der Waals surface area contributed by atoms with E-state index in [-0.39, 0.29) is 10.9 Å². The molecular weight excluding hydrogens is 366 g/mol. The van der Waals surface area contributed by atoms with Gasteiger partial charge in [0, 0.05) is 0 Å². The van der Waals surface area contributed by atoms with Crippen molar-refractivity contribution in [1.82, 2.24) is 0 Å². The van der Waals surface area contributed by atoms with E-state index >= 15 is 0 Å². The van der Waals surface area contributed by atoms with Crippen LogP contribution >= 0.6 is 0 Å². The van der Waals surface area contributed by atoms with Crippen LogP contribution in [0.15, 0.2) is 59.5 Å². The second-order valence-corrected chi connectivity index (χ2v) is 7.96. The topological polar surface area (TPSA) is 107 Å². The summed E-state index contributed by atoms with van der Waals surface area (Å²) >= 11 is 0. The van der Waals surface area contributed by atoms with Gasteiger partial charge in [-0.1, -0.05) is 62.4 Å². The van der Waals surface area contributed by atoms with E-state index in [1.165, 1.54) is 6.07 Å². The maximum absolute atomic E-state index is 11.5. The van der Waals surface area contributed by atoms with E-state index in [0.29, 0.717) is 24.5 Å². The first-order chi connectivity index (χ1) is 12.6. The quantitative estimate of drug-likeness (QED) is 0.576. The number of aryl methyl sites for hydroxylation is 1. The SMILES string of the molecule is CC(C)CC(N)C(=O)OCc1ccccc1.Cc1ccccc1S(=O)(=O)O. The van der Waals surface area contributed by atoms with Crippen LogP contribution in [-0.2, 0) is 26.3 Å². The summed E-state index contributed by atoms with van der Waals surface area (Å²) in [5.41, 5.74) is 7.24. The van der Waals surface area contributed by atoms with E-state index < -0.39 is 16.2 Å². The number of rotatable bonds is 6. The van der Waals surface area contributed by atoms with Crippen LogP contribution in [0, 0.1) is 12.8 Å². The Balaban J connectivity index is 0.000000289. The van der Waals surface area contributed by atoms with Gasteiger partial charge < -0.3 is 10.5 Å². The molecule has 27 heavy (non-hydrogen) atoms. The van der Waals surface area contributed by atoms with Gasteiger partial charge in [0.15, 0.2) is 0 Å². The van der Waals surface area contributed by atoms with E-state index in [1.807, 2.05) is 44.2 Å². The zero-order chi connectivity index (χ0) is 20.4. The van der Waals surface area contributed by atoms with Crippen molar-refractivity contribution < 1.29 is 22.5 Å². The molecule has 6 nitrogen and oxygen atoms in total. The number of benzene rings is 2. The highest BCUT2D eigenvalue weighted by molar-refractivity contribution is 7.85. The molecule has 0 spiro atoms. The third-order valence-corrected chi connectivity index (χ3v) is 4.64. The molecule has 3 N–H and O–H groups in total. The Kier molecular flexibility index (Phi) is 9.14. The molecule has 0 fully saturated rings. The predicted molar refractivity (Wildman–Crippen MR) is 105 cm³/mol. The highest BCUT2D eigenvalue weighted by atomic mass is 32.2. The van der Waals surface area contributed by atoms with Crippen molar-refractivity contribution in [1.29, 1.82) is 0 Å². The largest absolute Gasteiger partial charge is 0.460 e. The molecule has 7 heteroatoms. The first kappa shape index (κ1) is 22.8. The molecule has 1 atom stereocenters. The molecule has 0 amide bonds. The van der Waals surface area contributed by atoms with Crippen molar-refractivity contribution in [2.45, 2.75) is 44.7 Å². The van der Waals surface area contributed by atoms with Crippen LogP contribution in [0.1, 0.15) is 31.4 Å². The molecular formula is C20H27NO5S. The lowest BCUT2D eigenvalue weighted by Crippen LogP contribution is -2.33. The number of esters is 1. The standard InChI is InChI=1S/C13H19NO2.C7H8O3S/c1-10(2)8-12(14)13(15)16-9-11-6-4-3-5-7-11;1-6-4-2-3-5-7(6)11(8,9)10/h3-7,10,12H,8-9,14H2,1-2H3;2-5H,1H3,(H,8,9,10). The van der Waals surface area contributed by atoms with E-state index in [0.717, 1.165) is 5.56 Å². The Labute approximate surface area is 161 Å². The molecule has 0 heterocycles. The van der Waals surface area contributed by atoms with Gasteiger partial charge >= 0.3 is 5.97 Å². The van der Waals surface area contributed by atoms with Gasteiger partial charge in [0.2, 0.25) is 0 Å². The Morgan fingerprint density at radius 3 is 2.11 bits per heavy atom. The molecule has 0 aliphatic rings. The van der Waals surface area contributed by atoms with Crippen molar-refractivity contribution >= 4 is 16.1 Å². The zero-order valence-corrected chi connectivity index (χ0v) is 16.6. The molecule has 0 aliphatic carbocycles. The Hall–Kier alpha value is -2.22. The minimum absolute atomic E-state index is 0.0278. The molecule has 0 radical (unpaired) electrons. The fourth-order valence-corrected chi connectivity index (χ4v) is 3.01. The molecule has 0 aliphatic heterocycles. The van der Waals surface area contributed by atoms with Crippen LogP contribution in [-0.4, -0.2) is 25.0 Å². The number of ether oxygens (including phenoxy) is 1. The molecule has 2 aromatic carbocycles. The smallest absolute Gasteiger partial charge is 0.323 e. The van der Waals surface area contributed by atoms with Gasteiger partial charge in [0.1, 0.15) is 12.6 Å². The van der Waals surface area contributed by atoms with Crippen LogP contribution < -0.4 is 5.73 Å². The number of hydrogen-bond acceptors (Lipinski definition) is 5. The fraction of sp³-hybridized carbons (Fsp3) is 0.350. The number of nitrogens with two attached hydrogens (primary N) is 1. The monoisotopic (exact) mass is 393 g/mol. The maximum atomic E-state index is 11.5. The normalized spacial score (nSPS) is 12.1. The molecule has 0 saturated carbocycles. The lowest BCUT2D eigenvalue weighted by Gasteiger charge is -2.13. The number of carbonyl (C=O) groups excluding carboxylic acids is 1. The fourth-order valence-electron chi connectivity index (χ4n) is 2.29. The molecule has 0 saturated heterocycles. The molecule has 148 valence electrons. The molecule has 2 aromatic rings. The third kappa shape index (κ3) is 8.81. The first-order valence-corrected chi connectivity index (χ1v) is 10.0. The summed E-state index contributed by atoms with van der Waals surface area (Å²) in [6.07, 6.45) is 0.660. The van der Waals surface area contributed by atoms with Crippen molar-refractivity contribution in [3.63, 3.8) is 0 Å². The van der Waals surface area contributed by atoms with Gasteiger partial charge in [-0.05, 0) is 36.5 Å². The summed E-state index contributed by atoms with van der Waals surface area (Å²) < 4.78 is 35.0. The highest BCUT2D eigenvalue weighted by Crippen LogP contribution is 2.12. The highest BCUT2D eigenvalue weighted by Gasteiger charge is 2.16. The van der Waals surface area contributed by atoms with Gasteiger partial charge in [-0.15, -0.1) is 0 Å². The number of hydrogen-bond donors (Lipinski definition) is 2. The van der Waals surface area contributed by atoms with Crippen molar-refractivity contribution in [3.05, 3.63) is 65.7 Å². The minimum Gasteiger partial charge on any atom is -0.460 e. The van der Waals surface area contributed by atoms with Crippen molar-refractivity contribution in [3.8, 4) is 0 Å². The van der Waals surface area contributed by atoms with Gasteiger partial charge in [0.25, 0.3) is 10.1 Å². The molecule has 1 unspecified atom stereocenters. The van der Waals surface area contributed by atoms with Crippen molar-refractivity contribution in [2.75, 3.05) is 0 Å². The van der Waals surface area contributed by atoms with Gasteiger partial charge in [-0.3, -0.25) is 9.35 Å². The summed E-state index contributed by atoms with van der Waals surface area (Å²) in [5, 5.41) is 0. The Morgan fingerprint density at radius 1 is 1.07 bits per heavy atom. The van der Waals surface area contributed by atoms with Crippen LogP contribution in [0.2, 0.25) is 0 Å². The van der Waals surface area contributed by atoms with Gasteiger partial charge in [-0.2, -0.15) is 8.42 Å². The Morgan fingerprint density at radius 2 is 1.63 bits per heavy atom. The van der Waals surface area contributed by atoms with Gasteiger partial charge in [-0.25, -0.2) is 0 Å². The van der Waals surface area contributed by atoms with E-state index in [9.17, 15) is 13.2 Å². The molecule has 0 aromatic heterocycles. The minimum atomic E-state index is -4.03. The van der Waals surface area contributed by atoms with Gasteiger partial charge in [0.05, 0.1) is 4.90 Å². The maximum Gasteiger partial charge on any atom is 0.323 e. The van der Waals surface area contributed by atoms with E-state index in [2.05, 4.69) is 0 Å². The first-order valence-electron chi connectivity index (χ1n) is 8.60. The zero-order valence-electron chi connectivity index (χ0n) is 15.8. The summed E-state index contributed by atoms with van der Waals surface area (Å²) in [7, 11) is -4.03. The van der Waals surface area contributed by atoms with Crippen molar-refractivity contribution in [2.24, 2.45) is 11.7 Å². The third-order valence-electron chi connectivity index (χ3n) is 3.62. The van der Waals surface area contributed by atoms with E-state index in [4.69, 9.17) is 15.0 Å².